The summed E-state index contributed by atoms with van der Waals surface area (Å²) in [5.41, 5.74) is 5.99. The zero-order valence-corrected chi connectivity index (χ0v) is 15.3. The molecule has 0 unspecified atom stereocenters. The van der Waals surface area contributed by atoms with Crippen LogP contribution in [0.25, 0.3) is 0 Å². The second-order valence-electron chi connectivity index (χ2n) is 5.73. The number of benzene rings is 2. The molecule has 0 saturated heterocycles. The number of aryl methyl sites for hydroxylation is 3. The normalized spacial score (nSPS) is 9.71. The smallest absolute Gasteiger partial charge is 0.0642 e. The number of rotatable bonds is 2. The molecule has 1 heterocycles. The van der Waals surface area contributed by atoms with Gasteiger partial charge >= 0.3 is 0 Å². The Morgan fingerprint density at radius 2 is 1.46 bits per heavy atom. The molecule has 3 aromatic rings. The monoisotopic (exact) mass is 318 g/mol. The maximum absolute atomic E-state index is 3.25. The van der Waals surface area contributed by atoms with Gasteiger partial charge in [0.1, 0.15) is 0 Å². The van der Waals surface area contributed by atoms with Gasteiger partial charge in [0.25, 0.3) is 0 Å². The molecule has 0 spiro atoms. The molecule has 2 nitrogen and oxygen atoms in total. The van der Waals surface area contributed by atoms with E-state index in [4.69, 9.17) is 0 Å². The van der Waals surface area contributed by atoms with Crippen molar-refractivity contribution in [3.8, 4) is 11.8 Å². The minimum absolute atomic E-state index is 0.907. The lowest BCUT2D eigenvalue weighted by Crippen LogP contribution is -2.17. The van der Waals surface area contributed by atoms with Gasteiger partial charge in [-0.15, -0.1) is 0 Å². The van der Waals surface area contributed by atoms with Gasteiger partial charge in [0.2, 0.25) is 0 Å². The summed E-state index contributed by atoms with van der Waals surface area (Å²) >= 11 is 0. The van der Waals surface area contributed by atoms with Crippen LogP contribution in [-0.4, -0.2) is 9.36 Å². The van der Waals surface area contributed by atoms with Crippen molar-refractivity contribution >= 4 is 0 Å². The van der Waals surface area contributed by atoms with Crippen LogP contribution in [0.4, 0.5) is 0 Å². The van der Waals surface area contributed by atoms with E-state index >= 15 is 0 Å². The Balaban J connectivity index is 0.00000100. The zero-order valence-electron chi connectivity index (χ0n) is 15.3. The summed E-state index contributed by atoms with van der Waals surface area (Å²) in [6, 6.07) is 14.8. The van der Waals surface area contributed by atoms with Crippen LogP contribution in [0.5, 0.6) is 0 Å². The molecule has 0 atom stereocenters. The number of hydrogen-bond acceptors (Lipinski definition) is 0. The third-order valence-electron chi connectivity index (χ3n) is 3.94. The molecule has 0 saturated carbocycles. The fourth-order valence-corrected chi connectivity index (χ4v) is 2.37. The van der Waals surface area contributed by atoms with Crippen LogP contribution in [0, 0.1) is 25.7 Å². The first kappa shape index (κ1) is 17.7. The van der Waals surface area contributed by atoms with E-state index in [0.29, 0.717) is 0 Å². The van der Waals surface area contributed by atoms with E-state index < -0.39 is 0 Å². The molecule has 3 rings (SSSR count). The first-order chi connectivity index (χ1) is 11.6. The highest BCUT2D eigenvalue weighted by Crippen LogP contribution is 2.13. The van der Waals surface area contributed by atoms with Crippen molar-refractivity contribution in [2.45, 2.75) is 34.2 Å². The maximum Gasteiger partial charge on any atom is 0.0642 e. The molecular formula is C22H26N2. The summed E-state index contributed by atoms with van der Waals surface area (Å²) in [5, 5.41) is 0. The van der Waals surface area contributed by atoms with E-state index in [9.17, 15) is 0 Å². The van der Waals surface area contributed by atoms with E-state index in [1.165, 1.54) is 16.7 Å². The Bertz CT molecular complexity index is 836. The third kappa shape index (κ3) is 4.43. The molecule has 124 valence electrons. The molecule has 1 aromatic heterocycles. The molecule has 2 heteroatoms. The summed E-state index contributed by atoms with van der Waals surface area (Å²) < 4.78 is 4.27. The van der Waals surface area contributed by atoms with Gasteiger partial charge in [-0.1, -0.05) is 49.5 Å². The Kier molecular flexibility index (Phi) is 6.09. The van der Waals surface area contributed by atoms with Crippen molar-refractivity contribution in [1.29, 1.82) is 0 Å². The third-order valence-corrected chi connectivity index (χ3v) is 3.94. The maximum atomic E-state index is 3.25. The van der Waals surface area contributed by atoms with Crippen LogP contribution in [0.1, 0.15) is 41.7 Å². The minimum Gasteiger partial charge on any atom is -0.294 e. The minimum atomic E-state index is 0.907. The van der Waals surface area contributed by atoms with E-state index in [0.717, 1.165) is 17.7 Å². The van der Waals surface area contributed by atoms with Crippen molar-refractivity contribution in [2.24, 2.45) is 7.05 Å². The summed E-state index contributed by atoms with van der Waals surface area (Å²) in [4.78, 5) is 0. The lowest BCUT2D eigenvalue weighted by Gasteiger charge is -2.18. The van der Waals surface area contributed by atoms with E-state index in [1.807, 2.05) is 13.8 Å². The average Bonchev–Trinajstić information content (AvgIpc) is 2.61. The van der Waals surface area contributed by atoms with Crippen molar-refractivity contribution in [1.82, 2.24) is 9.36 Å². The molecule has 0 bridgehead atoms. The summed E-state index contributed by atoms with van der Waals surface area (Å²) in [6.07, 6.45) is 4.14. The molecule has 0 fully saturated rings. The second kappa shape index (κ2) is 8.26. The molecule has 0 radical (unpaired) electrons. The van der Waals surface area contributed by atoms with Crippen molar-refractivity contribution in [3.05, 3.63) is 82.7 Å². The van der Waals surface area contributed by atoms with Crippen LogP contribution < -0.4 is 0 Å². The molecule has 24 heavy (non-hydrogen) atoms. The molecule has 0 aliphatic rings. The second-order valence-corrected chi connectivity index (χ2v) is 5.73. The molecule has 0 aliphatic heterocycles. The van der Waals surface area contributed by atoms with Crippen molar-refractivity contribution in [3.63, 3.8) is 0 Å². The highest BCUT2D eigenvalue weighted by molar-refractivity contribution is 5.45. The van der Waals surface area contributed by atoms with E-state index in [1.54, 1.807) is 0 Å². The molecule has 2 aromatic carbocycles. The number of aromatic nitrogens is 2. The topological polar surface area (TPSA) is 9.86 Å². The van der Waals surface area contributed by atoms with Crippen LogP contribution >= 0.6 is 0 Å². The van der Waals surface area contributed by atoms with Gasteiger partial charge in [-0.3, -0.25) is 9.36 Å². The Labute approximate surface area is 145 Å². The van der Waals surface area contributed by atoms with Gasteiger partial charge in [0.15, 0.2) is 0 Å². The average molecular weight is 318 g/mol. The van der Waals surface area contributed by atoms with Gasteiger partial charge in [-0.2, -0.15) is 0 Å². The van der Waals surface area contributed by atoms with Gasteiger partial charge in [0.05, 0.1) is 6.54 Å². The van der Waals surface area contributed by atoms with Crippen LogP contribution in [0.15, 0.2) is 54.9 Å². The van der Waals surface area contributed by atoms with E-state index in [-0.39, 0.29) is 0 Å². The molecular weight excluding hydrogens is 292 g/mol. The predicted octanol–water partition coefficient (Wildman–Crippen LogP) is 4.92. The van der Waals surface area contributed by atoms with Crippen LogP contribution in [0.2, 0.25) is 0 Å². The Hall–Kier alpha value is -2.66. The fraction of sp³-hybridized carbons (Fsp3) is 0.273. The van der Waals surface area contributed by atoms with Crippen molar-refractivity contribution < 1.29 is 0 Å². The highest BCUT2D eigenvalue weighted by atomic mass is 15.4. The van der Waals surface area contributed by atoms with E-state index in [2.05, 4.69) is 97.0 Å². The van der Waals surface area contributed by atoms with Crippen molar-refractivity contribution in [2.75, 3.05) is 0 Å². The van der Waals surface area contributed by atoms with Crippen LogP contribution in [0.3, 0.4) is 0 Å². The van der Waals surface area contributed by atoms with Gasteiger partial charge in [0, 0.05) is 30.6 Å². The SMILES string of the molecule is CC.Cc1ccc(C#Cc2ccc(Cn3ccn3C)c(C)c2)cc1. The quantitative estimate of drug-likeness (QED) is 0.594. The van der Waals surface area contributed by atoms with Gasteiger partial charge in [-0.05, 0) is 49.2 Å². The lowest BCUT2D eigenvalue weighted by atomic mass is 10.0. The largest absolute Gasteiger partial charge is 0.294 e. The fourth-order valence-electron chi connectivity index (χ4n) is 2.37. The van der Waals surface area contributed by atoms with Crippen LogP contribution in [-0.2, 0) is 13.6 Å². The summed E-state index contributed by atoms with van der Waals surface area (Å²) in [7, 11) is 2.05. The highest BCUT2D eigenvalue weighted by Gasteiger charge is 2.02. The molecule has 0 amide bonds. The molecule has 0 N–H and O–H groups in total. The molecule has 0 aliphatic carbocycles. The first-order valence-corrected chi connectivity index (χ1v) is 8.48. The first-order valence-electron chi connectivity index (χ1n) is 8.48. The Morgan fingerprint density at radius 3 is 2.00 bits per heavy atom. The Morgan fingerprint density at radius 1 is 0.833 bits per heavy atom. The predicted molar refractivity (Wildman–Crippen MR) is 102 cm³/mol. The number of nitrogens with zero attached hydrogens (tertiary/aromatic N) is 2. The summed E-state index contributed by atoms with van der Waals surface area (Å²) in [5.74, 6) is 6.48. The van der Waals surface area contributed by atoms with Gasteiger partial charge in [-0.25, -0.2) is 0 Å². The summed E-state index contributed by atoms with van der Waals surface area (Å²) in [6.45, 7) is 9.14. The van der Waals surface area contributed by atoms with Gasteiger partial charge < -0.3 is 0 Å². The standard InChI is InChI=1S/C20H20N2.C2H6/c1-16-4-6-18(7-5-16)8-9-19-10-11-20(17(2)14-19)15-22-13-12-21(22)3;1-2/h4-7,10-14H,15H2,1-3H3;1-2H3. The number of hydrogen-bond donors (Lipinski definition) is 0. The lowest BCUT2D eigenvalue weighted by molar-refractivity contribution is 0.487. The zero-order chi connectivity index (χ0) is 17.5.